The summed E-state index contributed by atoms with van der Waals surface area (Å²) in [6.07, 6.45) is 0.303. The van der Waals surface area contributed by atoms with Gasteiger partial charge in [-0.3, -0.25) is 4.79 Å². The molecule has 164 valence electrons. The Bertz CT molecular complexity index is 1240. The molecule has 1 N–H and O–H groups in total. The van der Waals surface area contributed by atoms with Crippen molar-refractivity contribution in [3.63, 3.8) is 0 Å². The lowest BCUT2D eigenvalue weighted by Gasteiger charge is -2.08. The molecule has 1 atom stereocenters. The maximum Gasteiger partial charge on any atom is 0.249 e. The number of nitrogens with one attached hydrogen (secondary N) is 1. The second-order valence-corrected chi connectivity index (χ2v) is 7.23. The van der Waals surface area contributed by atoms with Crippen LogP contribution in [0.4, 0.5) is 8.78 Å². The molecule has 0 radical (unpaired) electrons. The first-order valence-electron chi connectivity index (χ1n) is 9.87. The van der Waals surface area contributed by atoms with E-state index in [9.17, 15) is 13.6 Å². The molecular formula is C22H19F2N5O3. The molecule has 1 amide bonds. The third-order valence-electron chi connectivity index (χ3n) is 4.76. The molecule has 0 aliphatic heterocycles. The van der Waals surface area contributed by atoms with Crippen molar-refractivity contribution in [2.24, 2.45) is 0 Å². The second kappa shape index (κ2) is 9.04. The fourth-order valence-electron chi connectivity index (χ4n) is 2.93. The van der Waals surface area contributed by atoms with Gasteiger partial charge in [0.1, 0.15) is 17.7 Å². The maximum atomic E-state index is 13.7. The largest absolute Gasteiger partial charge is 0.345 e. The van der Waals surface area contributed by atoms with Crippen LogP contribution in [0.5, 0.6) is 0 Å². The summed E-state index contributed by atoms with van der Waals surface area (Å²) in [5, 5.41) is 10.5. The minimum atomic E-state index is -0.530. The van der Waals surface area contributed by atoms with E-state index in [0.29, 0.717) is 22.5 Å². The summed E-state index contributed by atoms with van der Waals surface area (Å²) >= 11 is 0. The van der Waals surface area contributed by atoms with Crippen molar-refractivity contribution in [3.8, 4) is 22.8 Å². The van der Waals surface area contributed by atoms with Gasteiger partial charge < -0.3 is 14.4 Å². The van der Waals surface area contributed by atoms with Gasteiger partial charge >= 0.3 is 0 Å². The lowest BCUT2D eigenvalue weighted by molar-refractivity contribution is -0.121. The first-order valence-corrected chi connectivity index (χ1v) is 9.87. The predicted octanol–water partition coefficient (Wildman–Crippen LogP) is 4.18. The average molecular weight is 439 g/mol. The van der Waals surface area contributed by atoms with Gasteiger partial charge in [-0.1, -0.05) is 22.4 Å². The van der Waals surface area contributed by atoms with Crippen LogP contribution in [0.25, 0.3) is 22.8 Å². The monoisotopic (exact) mass is 439 g/mol. The molecule has 0 saturated heterocycles. The van der Waals surface area contributed by atoms with Crippen LogP contribution in [-0.4, -0.2) is 26.2 Å². The van der Waals surface area contributed by atoms with E-state index in [2.05, 4.69) is 25.6 Å². The van der Waals surface area contributed by atoms with Crippen LogP contribution in [0.15, 0.2) is 51.5 Å². The first-order chi connectivity index (χ1) is 15.4. The van der Waals surface area contributed by atoms with Gasteiger partial charge in [0.05, 0.1) is 0 Å². The molecule has 1 unspecified atom stereocenters. The molecule has 8 nitrogen and oxygen atoms in total. The van der Waals surface area contributed by atoms with Crippen molar-refractivity contribution in [3.05, 3.63) is 71.4 Å². The zero-order chi connectivity index (χ0) is 22.7. The Hall–Kier alpha value is -3.95. The van der Waals surface area contributed by atoms with E-state index in [1.165, 1.54) is 30.3 Å². The molecule has 10 heteroatoms. The van der Waals surface area contributed by atoms with Gasteiger partial charge in [-0.05, 0) is 49.7 Å². The van der Waals surface area contributed by atoms with Crippen molar-refractivity contribution in [1.29, 1.82) is 0 Å². The van der Waals surface area contributed by atoms with E-state index in [0.717, 1.165) is 0 Å². The average Bonchev–Trinajstić information content (AvgIpc) is 3.45. The van der Waals surface area contributed by atoms with Crippen molar-refractivity contribution in [1.82, 2.24) is 25.6 Å². The van der Waals surface area contributed by atoms with E-state index in [4.69, 9.17) is 9.05 Å². The predicted molar refractivity (Wildman–Crippen MR) is 109 cm³/mol. The van der Waals surface area contributed by atoms with Crippen molar-refractivity contribution in [2.45, 2.75) is 32.7 Å². The molecule has 2 heterocycles. The topological polar surface area (TPSA) is 107 Å². The van der Waals surface area contributed by atoms with Crippen LogP contribution in [-0.2, 0) is 11.2 Å². The van der Waals surface area contributed by atoms with Gasteiger partial charge in [0.25, 0.3) is 0 Å². The summed E-state index contributed by atoms with van der Waals surface area (Å²) in [5.74, 6) is 0.0432. The number of carbonyl (C=O) groups excluding carboxylic acids is 1. The Balaban J connectivity index is 1.32. The number of benzene rings is 2. The summed E-state index contributed by atoms with van der Waals surface area (Å²) in [5.41, 5.74) is 1.62. The molecule has 2 aromatic carbocycles. The second-order valence-electron chi connectivity index (χ2n) is 7.23. The number of aryl methyl sites for hydroxylation is 2. The minimum absolute atomic E-state index is 0.0905. The van der Waals surface area contributed by atoms with Crippen molar-refractivity contribution >= 4 is 5.91 Å². The fraction of sp³-hybridized carbons (Fsp3) is 0.227. The number of amides is 1. The van der Waals surface area contributed by atoms with Crippen LogP contribution in [0.1, 0.15) is 36.7 Å². The molecule has 4 rings (SSSR count). The van der Waals surface area contributed by atoms with E-state index in [1.54, 1.807) is 26.0 Å². The normalized spacial score (nSPS) is 12.0. The van der Waals surface area contributed by atoms with Crippen LogP contribution in [0.2, 0.25) is 0 Å². The standard InChI is InChI=1S/C22H19F2N5O3/c1-12-3-4-15(11-17(12)24)21-26-19(31-28-21)10-9-18(30)25-13(2)22-27-20(29-32-22)14-5-7-16(23)8-6-14/h3-8,11,13H,9-10H2,1-2H3,(H,25,30). The number of aromatic nitrogens is 4. The SMILES string of the molecule is Cc1ccc(-c2noc(CCC(=O)NC(C)c3nc(-c4ccc(F)cc4)no3)n2)cc1F. The maximum absolute atomic E-state index is 13.7. The van der Waals surface area contributed by atoms with Crippen molar-refractivity contribution in [2.75, 3.05) is 0 Å². The fourth-order valence-corrected chi connectivity index (χ4v) is 2.93. The molecule has 0 bridgehead atoms. The molecule has 0 fully saturated rings. The van der Waals surface area contributed by atoms with E-state index >= 15 is 0 Å². The zero-order valence-corrected chi connectivity index (χ0v) is 17.3. The molecule has 4 aromatic rings. The third-order valence-corrected chi connectivity index (χ3v) is 4.76. The van der Waals surface area contributed by atoms with Crippen molar-refractivity contribution < 1.29 is 22.6 Å². The minimum Gasteiger partial charge on any atom is -0.345 e. The molecular weight excluding hydrogens is 420 g/mol. The molecule has 0 saturated carbocycles. The molecule has 0 aliphatic rings. The smallest absolute Gasteiger partial charge is 0.249 e. The van der Waals surface area contributed by atoms with Crippen LogP contribution < -0.4 is 5.32 Å². The number of rotatable bonds is 7. The Kier molecular flexibility index (Phi) is 6.02. The van der Waals surface area contributed by atoms with Gasteiger partial charge in [-0.2, -0.15) is 9.97 Å². The Morgan fingerprint density at radius 3 is 2.44 bits per heavy atom. The Morgan fingerprint density at radius 2 is 1.69 bits per heavy atom. The number of carbonyl (C=O) groups is 1. The highest BCUT2D eigenvalue weighted by Gasteiger charge is 2.18. The lowest BCUT2D eigenvalue weighted by Crippen LogP contribution is -2.27. The van der Waals surface area contributed by atoms with E-state index in [1.807, 2.05) is 0 Å². The summed E-state index contributed by atoms with van der Waals surface area (Å²) in [6.45, 7) is 3.37. The van der Waals surface area contributed by atoms with Gasteiger partial charge in [0.2, 0.25) is 29.3 Å². The third kappa shape index (κ3) is 4.85. The summed E-state index contributed by atoms with van der Waals surface area (Å²) in [6, 6.07) is 9.82. The lowest BCUT2D eigenvalue weighted by atomic mass is 10.1. The molecule has 32 heavy (non-hydrogen) atoms. The summed E-state index contributed by atoms with van der Waals surface area (Å²) in [4.78, 5) is 20.7. The number of nitrogens with zero attached hydrogens (tertiary/aromatic N) is 4. The Labute approximate surface area is 181 Å². The van der Waals surface area contributed by atoms with Gasteiger partial charge in [0, 0.05) is 24.0 Å². The quantitative estimate of drug-likeness (QED) is 0.460. The summed E-state index contributed by atoms with van der Waals surface area (Å²) < 4.78 is 37.1. The zero-order valence-electron chi connectivity index (χ0n) is 17.3. The highest BCUT2D eigenvalue weighted by Crippen LogP contribution is 2.20. The number of halogens is 2. The van der Waals surface area contributed by atoms with E-state index < -0.39 is 6.04 Å². The molecule has 0 spiro atoms. The molecule has 0 aliphatic carbocycles. The van der Waals surface area contributed by atoms with Crippen LogP contribution >= 0.6 is 0 Å². The van der Waals surface area contributed by atoms with Gasteiger partial charge in [0.15, 0.2) is 0 Å². The number of hydrogen-bond donors (Lipinski definition) is 1. The van der Waals surface area contributed by atoms with Crippen LogP contribution in [0.3, 0.4) is 0 Å². The van der Waals surface area contributed by atoms with E-state index in [-0.39, 0.29) is 48.0 Å². The first kappa shape index (κ1) is 21.3. The summed E-state index contributed by atoms with van der Waals surface area (Å²) in [7, 11) is 0. The Morgan fingerprint density at radius 1 is 1.00 bits per heavy atom. The highest BCUT2D eigenvalue weighted by molar-refractivity contribution is 5.76. The highest BCUT2D eigenvalue weighted by atomic mass is 19.1. The van der Waals surface area contributed by atoms with Gasteiger partial charge in [-0.15, -0.1) is 0 Å². The number of hydrogen-bond acceptors (Lipinski definition) is 7. The molecule has 2 aromatic heterocycles. The van der Waals surface area contributed by atoms with Gasteiger partial charge in [-0.25, -0.2) is 8.78 Å². The van der Waals surface area contributed by atoms with Crippen LogP contribution in [0, 0.1) is 18.6 Å².